The molecule has 1 unspecified atom stereocenters. The minimum Gasteiger partial charge on any atom is -0.496 e. The van der Waals surface area contributed by atoms with E-state index < -0.39 is 0 Å². The van der Waals surface area contributed by atoms with Crippen molar-refractivity contribution in [2.75, 3.05) is 7.11 Å². The van der Waals surface area contributed by atoms with Crippen molar-refractivity contribution < 1.29 is 9.53 Å². The number of alkyl halides is 1. The van der Waals surface area contributed by atoms with Crippen molar-refractivity contribution in [3.05, 3.63) is 28.8 Å². The number of halogens is 2. The summed E-state index contributed by atoms with van der Waals surface area (Å²) in [5.74, 6) is 0.509. The van der Waals surface area contributed by atoms with Gasteiger partial charge in [-0.1, -0.05) is 27.5 Å². The van der Waals surface area contributed by atoms with Crippen LogP contribution in [0, 0.1) is 0 Å². The molecule has 1 atom stereocenters. The third-order valence-electron chi connectivity index (χ3n) is 1.79. The Morgan fingerprint density at radius 1 is 1.57 bits per heavy atom. The summed E-state index contributed by atoms with van der Waals surface area (Å²) >= 11 is 9.02. The number of carbonyl (C=O) groups is 1. The first-order valence-electron chi connectivity index (χ1n) is 4.08. The summed E-state index contributed by atoms with van der Waals surface area (Å²) in [6, 6.07) is 4.99. The van der Waals surface area contributed by atoms with Gasteiger partial charge in [-0.2, -0.15) is 0 Å². The fourth-order valence-electron chi connectivity index (χ4n) is 1.09. The van der Waals surface area contributed by atoms with Gasteiger partial charge in [0.2, 0.25) is 0 Å². The van der Waals surface area contributed by atoms with Gasteiger partial charge in [0.25, 0.3) is 0 Å². The number of benzene rings is 1. The maximum absolute atomic E-state index is 11.7. The Kier molecular flexibility index (Phi) is 3.96. The molecule has 0 fully saturated rings. The Balaban J connectivity index is 3.17. The van der Waals surface area contributed by atoms with Gasteiger partial charge in [-0.15, -0.1) is 0 Å². The molecule has 0 saturated carbocycles. The van der Waals surface area contributed by atoms with Crippen LogP contribution in [-0.2, 0) is 0 Å². The van der Waals surface area contributed by atoms with Gasteiger partial charge in [-0.05, 0) is 25.1 Å². The molecule has 0 aliphatic rings. The first kappa shape index (κ1) is 11.5. The SMILES string of the molecule is COc1ccc(Cl)cc1C(=O)C(C)Br. The lowest BCUT2D eigenvalue weighted by molar-refractivity contribution is 0.0993. The number of hydrogen-bond acceptors (Lipinski definition) is 2. The second-order valence-electron chi connectivity index (χ2n) is 2.82. The summed E-state index contributed by atoms with van der Waals surface area (Å²) < 4.78 is 5.07. The zero-order valence-electron chi connectivity index (χ0n) is 7.88. The van der Waals surface area contributed by atoms with E-state index in [-0.39, 0.29) is 10.6 Å². The third kappa shape index (κ3) is 2.49. The summed E-state index contributed by atoms with van der Waals surface area (Å²) in [7, 11) is 1.53. The van der Waals surface area contributed by atoms with Crippen molar-refractivity contribution in [2.45, 2.75) is 11.8 Å². The zero-order chi connectivity index (χ0) is 10.7. The van der Waals surface area contributed by atoms with Crippen molar-refractivity contribution >= 4 is 33.3 Å². The molecule has 0 bridgehead atoms. The van der Waals surface area contributed by atoms with Crippen LogP contribution in [0.2, 0.25) is 5.02 Å². The van der Waals surface area contributed by atoms with Gasteiger partial charge in [-0.25, -0.2) is 0 Å². The van der Waals surface area contributed by atoms with Crippen molar-refractivity contribution in [3.63, 3.8) is 0 Å². The average Bonchev–Trinajstić information content (AvgIpc) is 2.16. The number of ketones is 1. The van der Waals surface area contributed by atoms with Crippen molar-refractivity contribution in [3.8, 4) is 5.75 Å². The fraction of sp³-hybridized carbons (Fsp3) is 0.300. The van der Waals surface area contributed by atoms with E-state index in [1.807, 2.05) is 0 Å². The van der Waals surface area contributed by atoms with Gasteiger partial charge in [0.1, 0.15) is 5.75 Å². The molecule has 0 saturated heterocycles. The van der Waals surface area contributed by atoms with Crippen LogP contribution in [0.25, 0.3) is 0 Å². The van der Waals surface area contributed by atoms with Crippen molar-refractivity contribution in [1.29, 1.82) is 0 Å². The summed E-state index contributed by atoms with van der Waals surface area (Å²) in [6.07, 6.45) is 0. The largest absolute Gasteiger partial charge is 0.496 e. The van der Waals surface area contributed by atoms with Gasteiger partial charge in [0, 0.05) is 5.02 Å². The third-order valence-corrected chi connectivity index (χ3v) is 2.44. The molecular weight excluding hydrogens is 267 g/mol. The minimum atomic E-state index is -0.241. The zero-order valence-corrected chi connectivity index (χ0v) is 10.2. The topological polar surface area (TPSA) is 26.3 Å². The van der Waals surface area contributed by atoms with E-state index in [2.05, 4.69) is 15.9 Å². The number of hydrogen-bond donors (Lipinski definition) is 0. The van der Waals surface area contributed by atoms with E-state index in [4.69, 9.17) is 16.3 Å². The molecule has 76 valence electrons. The first-order chi connectivity index (χ1) is 6.56. The minimum absolute atomic E-state index is 0.0376. The van der Waals surface area contributed by atoms with Crippen molar-refractivity contribution in [1.82, 2.24) is 0 Å². The summed E-state index contributed by atoms with van der Waals surface area (Å²) in [6.45, 7) is 1.77. The predicted octanol–water partition coefficient (Wildman–Crippen LogP) is 3.31. The molecule has 0 aliphatic heterocycles. The summed E-state index contributed by atoms with van der Waals surface area (Å²) in [4.78, 5) is 11.5. The maximum Gasteiger partial charge on any atom is 0.179 e. The standard InChI is InChI=1S/C10H10BrClO2/c1-6(11)10(13)8-5-7(12)3-4-9(8)14-2/h3-6H,1-2H3. The maximum atomic E-state index is 11.7. The molecule has 0 heterocycles. The fourth-order valence-corrected chi connectivity index (χ4v) is 1.51. The van der Waals surface area contributed by atoms with E-state index in [1.54, 1.807) is 25.1 Å². The molecule has 2 nitrogen and oxygen atoms in total. The smallest absolute Gasteiger partial charge is 0.179 e. The lowest BCUT2D eigenvalue weighted by atomic mass is 10.1. The van der Waals surface area contributed by atoms with E-state index >= 15 is 0 Å². The van der Waals surface area contributed by atoms with Crippen LogP contribution in [0.15, 0.2) is 18.2 Å². The normalized spacial score (nSPS) is 12.3. The van der Waals surface area contributed by atoms with Crippen molar-refractivity contribution in [2.24, 2.45) is 0 Å². The molecule has 14 heavy (non-hydrogen) atoms. The van der Waals surface area contributed by atoms with E-state index in [1.165, 1.54) is 7.11 Å². The second kappa shape index (κ2) is 4.80. The molecule has 1 aromatic rings. The number of Topliss-reactive ketones (excluding diaryl/α,β-unsaturated/α-hetero) is 1. The molecule has 0 spiro atoms. The molecule has 0 aliphatic carbocycles. The highest BCUT2D eigenvalue weighted by atomic mass is 79.9. The van der Waals surface area contributed by atoms with Gasteiger partial charge in [0.15, 0.2) is 5.78 Å². The van der Waals surface area contributed by atoms with Gasteiger partial charge in [-0.3, -0.25) is 4.79 Å². The van der Waals surface area contributed by atoms with Crippen LogP contribution in [0.5, 0.6) is 5.75 Å². The highest BCUT2D eigenvalue weighted by Crippen LogP contribution is 2.25. The number of ether oxygens (including phenoxy) is 1. The lowest BCUT2D eigenvalue weighted by Crippen LogP contribution is -2.11. The van der Waals surface area contributed by atoms with Gasteiger partial charge in [0.05, 0.1) is 17.5 Å². The molecule has 0 amide bonds. The van der Waals surface area contributed by atoms with Crippen LogP contribution in [0.3, 0.4) is 0 Å². The molecule has 4 heteroatoms. The first-order valence-corrected chi connectivity index (χ1v) is 5.37. The number of rotatable bonds is 3. The van der Waals surface area contributed by atoms with Gasteiger partial charge < -0.3 is 4.74 Å². The monoisotopic (exact) mass is 276 g/mol. The quantitative estimate of drug-likeness (QED) is 0.626. The Hall–Kier alpha value is -0.540. The average molecular weight is 278 g/mol. The summed E-state index contributed by atoms with van der Waals surface area (Å²) in [5, 5.41) is 0.530. The molecule has 0 aromatic heterocycles. The summed E-state index contributed by atoms with van der Waals surface area (Å²) in [5.41, 5.74) is 0.504. The van der Waals surface area contributed by atoms with E-state index in [0.29, 0.717) is 16.3 Å². The molecule has 1 aromatic carbocycles. The van der Waals surface area contributed by atoms with Crippen LogP contribution >= 0.6 is 27.5 Å². The highest BCUT2D eigenvalue weighted by Gasteiger charge is 2.16. The molecule has 1 rings (SSSR count). The lowest BCUT2D eigenvalue weighted by Gasteiger charge is -2.08. The van der Waals surface area contributed by atoms with E-state index in [9.17, 15) is 4.79 Å². The molecule has 0 radical (unpaired) electrons. The molecule has 0 N–H and O–H groups in total. The Morgan fingerprint density at radius 3 is 2.71 bits per heavy atom. The Bertz CT molecular complexity index is 350. The van der Waals surface area contributed by atoms with Crippen LogP contribution in [0.1, 0.15) is 17.3 Å². The predicted molar refractivity (Wildman–Crippen MR) is 60.7 cm³/mol. The highest BCUT2D eigenvalue weighted by molar-refractivity contribution is 9.10. The second-order valence-corrected chi connectivity index (χ2v) is 4.63. The van der Waals surface area contributed by atoms with Crippen LogP contribution in [0.4, 0.5) is 0 Å². The van der Waals surface area contributed by atoms with Crippen LogP contribution in [-0.4, -0.2) is 17.7 Å². The number of methoxy groups -OCH3 is 1. The van der Waals surface area contributed by atoms with E-state index in [0.717, 1.165) is 0 Å². The molecular formula is C10H10BrClO2. The van der Waals surface area contributed by atoms with Crippen LogP contribution < -0.4 is 4.74 Å². The van der Waals surface area contributed by atoms with Gasteiger partial charge >= 0.3 is 0 Å². The number of carbonyl (C=O) groups excluding carboxylic acids is 1. The Morgan fingerprint density at radius 2 is 2.21 bits per heavy atom. The Labute approximate surface area is 96.3 Å².